The maximum atomic E-state index is 13.9. The zero-order valence-electron chi connectivity index (χ0n) is 19.6. The zero-order chi connectivity index (χ0) is 25.5. The summed E-state index contributed by atoms with van der Waals surface area (Å²) in [4.78, 5) is 40.4. The highest BCUT2D eigenvalue weighted by atomic mass is 32.1. The number of nitrogens with zero attached hydrogens (tertiary/aromatic N) is 2. The topological polar surface area (TPSA) is 150 Å². The van der Waals surface area contributed by atoms with Crippen LogP contribution < -0.4 is 26.4 Å². The van der Waals surface area contributed by atoms with Crippen LogP contribution in [0.4, 0.5) is 11.4 Å². The highest BCUT2D eigenvalue weighted by Crippen LogP contribution is 2.34. The number of rotatable bonds is 10. The highest BCUT2D eigenvalue weighted by Gasteiger charge is 2.36. The third-order valence-electron chi connectivity index (χ3n) is 5.20. The predicted octanol–water partition coefficient (Wildman–Crippen LogP) is 2.29. The van der Waals surface area contributed by atoms with E-state index >= 15 is 0 Å². The zero-order valence-corrected chi connectivity index (χ0v) is 20.4. The van der Waals surface area contributed by atoms with Crippen molar-refractivity contribution in [2.75, 3.05) is 38.0 Å². The van der Waals surface area contributed by atoms with Gasteiger partial charge in [0.05, 0.1) is 19.4 Å². The molecule has 0 aliphatic carbocycles. The molecule has 5 N–H and O–H groups in total. The molecule has 3 amide bonds. The molecule has 35 heavy (non-hydrogen) atoms. The van der Waals surface area contributed by atoms with Gasteiger partial charge >= 0.3 is 0 Å². The Balaban J connectivity index is 2.17. The fourth-order valence-corrected chi connectivity index (χ4v) is 4.22. The minimum Gasteiger partial charge on any atom is -0.497 e. The van der Waals surface area contributed by atoms with E-state index in [4.69, 9.17) is 20.9 Å². The first kappa shape index (κ1) is 25.7. The number of carbonyl (C=O) groups is 3. The molecule has 0 radical (unpaired) electrons. The Kier molecular flexibility index (Phi) is 8.39. The van der Waals surface area contributed by atoms with Crippen molar-refractivity contribution < 1.29 is 23.9 Å². The van der Waals surface area contributed by atoms with E-state index < -0.39 is 23.8 Å². The number of nitrogens with one attached hydrogen (secondary N) is 1. The van der Waals surface area contributed by atoms with Gasteiger partial charge in [-0.05, 0) is 53.8 Å². The molecule has 10 nitrogen and oxygen atoms in total. The molecule has 0 saturated heterocycles. The summed E-state index contributed by atoms with van der Waals surface area (Å²) in [6, 6.07) is 12.9. The van der Waals surface area contributed by atoms with Crippen molar-refractivity contribution in [3.05, 3.63) is 70.2 Å². The molecule has 11 heteroatoms. The van der Waals surface area contributed by atoms with Crippen LogP contribution in [-0.2, 0) is 9.53 Å². The fourth-order valence-electron chi connectivity index (χ4n) is 3.48. The van der Waals surface area contributed by atoms with Gasteiger partial charge in [-0.2, -0.15) is 4.37 Å². The lowest BCUT2D eigenvalue weighted by Gasteiger charge is -2.31. The quantitative estimate of drug-likeness (QED) is 0.364. The Labute approximate surface area is 207 Å². The summed E-state index contributed by atoms with van der Waals surface area (Å²) in [5.74, 6) is -1.27. The molecule has 1 atom stereocenters. The Hall–Kier alpha value is -3.96. The molecule has 0 aliphatic rings. The Morgan fingerprint density at radius 3 is 2.43 bits per heavy atom. The van der Waals surface area contributed by atoms with Crippen LogP contribution in [0, 0.1) is 6.92 Å². The normalized spacial score (nSPS) is 11.5. The molecule has 0 bridgehead atoms. The molecule has 0 spiro atoms. The summed E-state index contributed by atoms with van der Waals surface area (Å²) in [5.41, 5.74) is 13.0. The van der Waals surface area contributed by atoms with Gasteiger partial charge in [0.25, 0.3) is 11.8 Å². The number of primary amides is 1. The number of benzene rings is 2. The van der Waals surface area contributed by atoms with Gasteiger partial charge in [-0.15, -0.1) is 0 Å². The number of methoxy groups -OCH3 is 2. The van der Waals surface area contributed by atoms with Crippen LogP contribution in [0.5, 0.6) is 5.75 Å². The molecule has 2 aromatic carbocycles. The number of aromatic nitrogens is 1. The van der Waals surface area contributed by atoms with Gasteiger partial charge in [0.1, 0.15) is 16.7 Å². The van der Waals surface area contributed by atoms with Crippen molar-refractivity contribution >= 4 is 40.6 Å². The van der Waals surface area contributed by atoms with Crippen molar-refractivity contribution in [3.8, 4) is 5.75 Å². The largest absolute Gasteiger partial charge is 0.497 e. The number of hydrogen-bond acceptors (Lipinski definition) is 8. The number of aryl methyl sites for hydroxylation is 1. The Bertz CT molecular complexity index is 1210. The SMILES string of the molecule is COCCNC(=O)[C@@H](c1ccc(OC)cc1)N(C(=O)c1snc(C(N)=O)c1N)c1cccc(C)c1. The number of nitrogens with two attached hydrogens (primary N) is 2. The van der Waals surface area contributed by atoms with Crippen molar-refractivity contribution in [3.63, 3.8) is 0 Å². The van der Waals surface area contributed by atoms with Crippen LogP contribution in [0.15, 0.2) is 48.5 Å². The molecule has 0 unspecified atom stereocenters. The predicted molar refractivity (Wildman–Crippen MR) is 134 cm³/mol. The summed E-state index contributed by atoms with van der Waals surface area (Å²) in [5, 5.41) is 2.81. The summed E-state index contributed by atoms with van der Waals surface area (Å²) in [6.45, 7) is 2.41. The van der Waals surface area contributed by atoms with Gasteiger partial charge in [-0.25, -0.2) is 0 Å². The van der Waals surface area contributed by atoms with Crippen molar-refractivity contribution in [2.24, 2.45) is 5.73 Å². The molecule has 0 aliphatic heterocycles. The van der Waals surface area contributed by atoms with Crippen LogP contribution in [0.25, 0.3) is 0 Å². The lowest BCUT2D eigenvalue weighted by Crippen LogP contribution is -2.44. The number of nitrogen functional groups attached to an aromatic ring is 1. The molecule has 1 heterocycles. The average molecular weight is 498 g/mol. The monoisotopic (exact) mass is 497 g/mol. The average Bonchev–Trinajstić information content (AvgIpc) is 3.23. The smallest absolute Gasteiger partial charge is 0.273 e. The van der Waals surface area contributed by atoms with E-state index in [1.807, 2.05) is 13.0 Å². The van der Waals surface area contributed by atoms with E-state index in [-0.39, 0.29) is 22.8 Å². The number of amides is 3. The minimum absolute atomic E-state index is 0.00325. The number of hydrogen-bond donors (Lipinski definition) is 3. The van der Waals surface area contributed by atoms with Crippen LogP contribution >= 0.6 is 11.5 Å². The summed E-state index contributed by atoms with van der Waals surface area (Å²) < 4.78 is 14.2. The van der Waals surface area contributed by atoms with Crippen LogP contribution in [0.2, 0.25) is 0 Å². The second-order valence-corrected chi connectivity index (χ2v) is 8.39. The van der Waals surface area contributed by atoms with Gasteiger partial charge in [0.2, 0.25) is 5.91 Å². The second-order valence-electron chi connectivity index (χ2n) is 7.61. The second kappa shape index (κ2) is 11.4. The first-order valence-corrected chi connectivity index (χ1v) is 11.4. The summed E-state index contributed by atoms with van der Waals surface area (Å²) >= 11 is 0.753. The highest BCUT2D eigenvalue weighted by molar-refractivity contribution is 7.09. The van der Waals surface area contributed by atoms with Gasteiger partial charge in [-0.1, -0.05) is 24.3 Å². The van der Waals surface area contributed by atoms with Crippen LogP contribution in [-0.4, -0.2) is 49.5 Å². The van der Waals surface area contributed by atoms with E-state index in [9.17, 15) is 14.4 Å². The molecule has 3 aromatic rings. The molecule has 1 aromatic heterocycles. The van der Waals surface area contributed by atoms with E-state index in [1.165, 1.54) is 19.1 Å². The number of anilines is 2. The van der Waals surface area contributed by atoms with Crippen LogP contribution in [0.1, 0.15) is 37.3 Å². The third kappa shape index (κ3) is 5.76. The van der Waals surface area contributed by atoms with E-state index in [2.05, 4.69) is 9.69 Å². The van der Waals surface area contributed by atoms with Crippen molar-refractivity contribution in [1.29, 1.82) is 0 Å². The van der Waals surface area contributed by atoms with Crippen molar-refractivity contribution in [1.82, 2.24) is 9.69 Å². The van der Waals surface area contributed by atoms with Crippen molar-refractivity contribution in [2.45, 2.75) is 13.0 Å². The molecular weight excluding hydrogens is 470 g/mol. The van der Waals surface area contributed by atoms with Crippen LogP contribution in [0.3, 0.4) is 0 Å². The van der Waals surface area contributed by atoms with Gasteiger partial charge < -0.3 is 26.3 Å². The van der Waals surface area contributed by atoms with Gasteiger partial charge in [0, 0.05) is 19.3 Å². The Morgan fingerprint density at radius 1 is 1.14 bits per heavy atom. The van der Waals surface area contributed by atoms with Gasteiger partial charge in [-0.3, -0.25) is 19.3 Å². The van der Waals surface area contributed by atoms with E-state index in [0.29, 0.717) is 23.6 Å². The number of carbonyl (C=O) groups excluding carboxylic acids is 3. The number of ether oxygens (including phenoxy) is 2. The Morgan fingerprint density at radius 2 is 1.86 bits per heavy atom. The summed E-state index contributed by atoms with van der Waals surface area (Å²) in [7, 11) is 3.06. The lowest BCUT2D eigenvalue weighted by atomic mass is 10.0. The third-order valence-corrected chi connectivity index (χ3v) is 6.05. The maximum absolute atomic E-state index is 13.9. The molecule has 184 valence electrons. The lowest BCUT2D eigenvalue weighted by molar-refractivity contribution is -0.122. The van der Waals surface area contributed by atoms with E-state index in [0.717, 1.165) is 17.1 Å². The molecule has 3 rings (SSSR count). The molecule has 0 saturated carbocycles. The van der Waals surface area contributed by atoms with Gasteiger partial charge in [0.15, 0.2) is 5.69 Å². The molecular formula is C24H27N5O5S. The molecule has 0 fully saturated rings. The fraction of sp³-hybridized carbons (Fsp3) is 0.250. The maximum Gasteiger partial charge on any atom is 0.273 e. The first-order chi connectivity index (χ1) is 16.8. The first-order valence-electron chi connectivity index (χ1n) is 10.6. The standard InChI is InChI=1S/C24H27N5O5S/c1-14-5-4-6-16(13-14)29(24(32)21-18(25)19(22(26)30)28-35-21)20(23(31)27-11-12-33-2)15-7-9-17(34-3)10-8-15/h4-10,13,20H,11-12,25H2,1-3H3,(H2,26,30)(H,27,31)/t20-/m1/s1. The van der Waals surface area contributed by atoms with E-state index in [1.54, 1.807) is 42.5 Å². The summed E-state index contributed by atoms with van der Waals surface area (Å²) in [6.07, 6.45) is 0. The minimum atomic E-state index is -1.08.